The largest absolute Gasteiger partial charge is 0.392 e. The smallest absolute Gasteiger partial charge is 0.282 e. The maximum atomic E-state index is 15.3. The Morgan fingerprint density at radius 1 is 1.09 bits per heavy atom. The molecular formula is C33H33FN6O3. The quantitative estimate of drug-likeness (QED) is 0.281. The highest BCUT2D eigenvalue weighted by atomic mass is 19.1. The van der Waals surface area contributed by atoms with Crippen LogP contribution in [0.2, 0.25) is 0 Å². The van der Waals surface area contributed by atoms with Gasteiger partial charge in [0, 0.05) is 55.0 Å². The summed E-state index contributed by atoms with van der Waals surface area (Å²) in [5.41, 5.74) is 3.98. The number of hydrogen-bond acceptors (Lipinski definition) is 7. The molecule has 43 heavy (non-hydrogen) atoms. The molecule has 4 heterocycles. The van der Waals surface area contributed by atoms with Crippen molar-refractivity contribution in [3.05, 3.63) is 110 Å². The van der Waals surface area contributed by atoms with E-state index in [0.717, 1.165) is 41.0 Å². The van der Waals surface area contributed by atoms with Gasteiger partial charge in [0.25, 0.3) is 11.1 Å². The van der Waals surface area contributed by atoms with Crippen molar-refractivity contribution in [2.24, 2.45) is 7.05 Å². The van der Waals surface area contributed by atoms with Crippen LogP contribution in [0.25, 0.3) is 27.6 Å². The van der Waals surface area contributed by atoms with Crippen LogP contribution in [0.4, 0.5) is 15.9 Å². The van der Waals surface area contributed by atoms with Crippen LogP contribution >= 0.6 is 0 Å². The minimum absolute atomic E-state index is 0.0702. The fraction of sp³-hybridized carbons (Fsp3) is 0.273. The molecule has 2 aromatic carbocycles. The number of nitrogens with zero attached hydrogens (tertiary/aromatic N) is 4. The van der Waals surface area contributed by atoms with Crippen molar-refractivity contribution in [1.29, 1.82) is 0 Å². The van der Waals surface area contributed by atoms with E-state index in [2.05, 4.69) is 15.7 Å². The summed E-state index contributed by atoms with van der Waals surface area (Å²) in [5.74, 6) is -0.0549. The van der Waals surface area contributed by atoms with Gasteiger partial charge in [-0.3, -0.25) is 9.59 Å². The molecule has 5 aromatic rings. The highest BCUT2D eigenvalue weighted by Crippen LogP contribution is 2.31. The molecule has 0 unspecified atom stereocenters. The Labute approximate surface area is 247 Å². The van der Waals surface area contributed by atoms with Crippen LogP contribution in [-0.2, 0) is 32.0 Å². The number of aliphatic hydroxyl groups is 1. The van der Waals surface area contributed by atoms with E-state index in [-0.39, 0.29) is 16.4 Å². The van der Waals surface area contributed by atoms with Gasteiger partial charge in [0.15, 0.2) is 0 Å². The monoisotopic (exact) mass is 580 g/mol. The molecule has 0 saturated heterocycles. The molecule has 3 N–H and O–H groups in total. The van der Waals surface area contributed by atoms with Crippen LogP contribution in [0.1, 0.15) is 43.2 Å². The number of rotatable bonds is 5. The van der Waals surface area contributed by atoms with Crippen LogP contribution in [0, 0.1) is 5.82 Å². The molecule has 6 rings (SSSR count). The number of benzene rings is 2. The summed E-state index contributed by atoms with van der Waals surface area (Å²) in [6.45, 7) is 7.11. The molecule has 10 heteroatoms. The number of aryl methyl sites for hydroxylation is 1. The number of aromatic nitrogens is 4. The first-order valence-electron chi connectivity index (χ1n) is 14.2. The SMILES string of the molecule is Cn1cc(-c2cccc(-n3ncc4cc(C(C)(C)C)cc(F)c4c3=O)c2CO)cc(Nc2ccc3c(n2)CCNC3)c1=O. The molecule has 220 valence electrons. The fourth-order valence-corrected chi connectivity index (χ4v) is 5.54. The predicted octanol–water partition coefficient (Wildman–Crippen LogP) is 4.46. The van der Waals surface area contributed by atoms with Crippen molar-refractivity contribution >= 4 is 22.3 Å². The third kappa shape index (κ3) is 5.24. The van der Waals surface area contributed by atoms with Gasteiger partial charge in [-0.1, -0.05) is 39.0 Å². The van der Waals surface area contributed by atoms with E-state index in [1.54, 1.807) is 43.6 Å². The zero-order chi connectivity index (χ0) is 30.5. The molecule has 0 aliphatic carbocycles. The number of pyridine rings is 2. The Kier molecular flexibility index (Phi) is 7.19. The highest BCUT2D eigenvalue weighted by molar-refractivity contribution is 5.83. The fourth-order valence-electron chi connectivity index (χ4n) is 5.54. The van der Waals surface area contributed by atoms with Crippen LogP contribution < -0.4 is 21.8 Å². The van der Waals surface area contributed by atoms with Gasteiger partial charge in [0.2, 0.25) is 0 Å². The zero-order valence-corrected chi connectivity index (χ0v) is 24.5. The Balaban J connectivity index is 1.44. The van der Waals surface area contributed by atoms with Crippen molar-refractivity contribution in [3.63, 3.8) is 0 Å². The Morgan fingerprint density at radius 2 is 1.91 bits per heavy atom. The lowest BCUT2D eigenvalue weighted by atomic mass is 9.86. The van der Waals surface area contributed by atoms with E-state index in [0.29, 0.717) is 39.3 Å². The average molecular weight is 581 g/mol. The summed E-state index contributed by atoms with van der Waals surface area (Å²) >= 11 is 0. The van der Waals surface area contributed by atoms with E-state index >= 15 is 4.39 Å². The summed E-state index contributed by atoms with van der Waals surface area (Å²) < 4.78 is 17.9. The standard InChI is InChI=1S/C33H33FN6O3/c1-33(2,3)22-12-20-16-36-40(32(43)30(20)25(34)14-22)28-7-5-6-23(24(28)18-41)21-13-27(31(42)39(4)17-21)38-29-9-8-19-15-35-11-10-26(19)37-29/h5-9,12-14,16-17,35,41H,10-11,15,18H2,1-4H3,(H,37,38). The first-order valence-corrected chi connectivity index (χ1v) is 14.2. The Hall–Kier alpha value is -4.67. The second-order valence-electron chi connectivity index (χ2n) is 11.9. The van der Waals surface area contributed by atoms with E-state index in [1.807, 2.05) is 32.9 Å². The minimum Gasteiger partial charge on any atom is -0.392 e. The van der Waals surface area contributed by atoms with Gasteiger partial charge in [0.1, 0.15) is 17.3 Å². The summed E-state index contributed by atoms with van der Waals surface area (Å²) in [4.78, 5) is 31.4. The first-order chi connectivity index (χ1) is 20.5. The minimum atomic E-state index is -0.626. The highest BCUT2D eigenvalue weighted by Gasteiger charge is 2.21. The van der Waals surface area contributed by atoms with Crippen molar-refractivity contribution in [2.75, 3.05) is 11.9 Å². The molecular weight excluding hydrogens is 547 g/mol. The third-order valence-corrected chi connectivity index (χ3v) is 7.92. The number of fused-ring (bicyclic) bond motifs is 2. The predicted molar refractivity (Wildman–Crippen MR) is 166 cm³/mol. The number of halogens is 1. The van der Waals surface area contributed by atoms with Gasteiger partial charge < -0.3 is 20.3 Å². The molecule has 0 fully saturated rings. The molecule has 9 nitrogen and oxygen atoms in total. The number of nitrogens with one attached hydrogen (secondary N) is 2. The van der Waals surface area contributed by atoms with Gasteiger partial charge in [-0.25, -0.2) is 9.37 Å². The lowest BCUT2D eigenvalue weighted by Gasteiger charge is -2.20. The number of hydrogen-bond donors (Lipinski definition) is 3. The van der Waals surface area contributed by atoms with Crippen LogP contribution in [0.5, 0.6) is 0 Å². The van der Waals surface area contributed by atoms with Crippen molar-refractivity contribution in [2.45, 2.75) is 45.8 Å². The zero-order valence-electron chi connectivity index (χ0n) is 24.5. The topological polar surface area (TPSA) is 114 Å². The van der Waals surface area contributed by atoms with Gasteiger partial charge in [-0.05, 0) is 52.4 Å². The Bertz CT molecular complexity index is 2010. The van der Waals surface area contributed by atoms with Crippen molar-refractivity contribution in [3.8, 4) is 16.8 Å². The molecule has 1 aliphatic rings. The third-order valence-electron chi connectivity index (χ3n) is 7.92. The molecule has 3 aromatic heterocycles. The van der Waals surface area contributed by atoms with Crippen molar-refractivity contribution < 1.29 is 9.50 Å². The average Bonchev–Trinajstić information content (AvgIpc) is 2.98. The molecule has 0 saturated carbocycles. The first kappa shape index (κ1) is 28.4. The summed E-state index contributed by atoms with van der Waals surface area (Å²) in [6.07, 6.45) is 3.94. The van der Waals surface area contributed by atoms with E-state index in [4.69, 9.17) is 4.98 Å². The van der Waals surface area contributed by atoms with Crippen molar-refractivity contribution in [1.82, 2.24) is 24.6 Å². The molecule has 0 atom stereocenters. The lowest BCUT2D eigenvalue weighted by Crippen LogP contribution is -2.25. The van der Waals surface area contributed by atoms with Gasteiger partial charge in [-0.15, -0.1) is 0 Å². The summed E-state index contributed by atoms with van der Waals surface area (Å²) in [5, 5.41) is 21.7. The maximum absolute atomic E-state index is 15.3. The summed E-state index contributed by atoms with van der Waals surface area (Å²) in [6, 6.07) is 13.9. The second-order valence-corrected chi connectivity index (χ2v) is 11.9. The number of aliphatic hydroxyl groups excluding tert-OH is 1. The molecule has 0 bridgehead atoms. The molecule has 0 amide bonds. The molecule has 0 radical (unpaired) electrons. The van der Waals surface area contributed by atoms with Gasteiger partial charge in [-0.2, -0.15) is 9.78 Å². The summed E-state index contributed by atoms with van der Waals surface area (Å²) in [7, 11) is 1.65. The lowest BCUT2D eigenvalue weighted by molar-refractivity contribution is 0.282. The molecule has 1 aliphatic heterocycles. The van der Waals surface area contributed by atoms with Crippen LogP contribution in [0.15, 0.2) is 70.5 Å². The van der Waals surface area contributed by atoms with Gasteiger partial charge in [0.05, 0.1) is 23.9 Å². The molecule has 0 spiro atoms. The van der Waals surface area contributed by atoms with Gasteiger partial charge >= 0.3 is 0 Å². The second kappa shape index (κ2) is 10.9. The van der Waals surface area contributed by atoms with E-state index in [1.165, 1.54) is 16.8 Å². The maximum Gasteiger partial charge on any atom is 0.282 e. The van der Waals surface area contributed by atoms with Crippen LogP contribution in [0.3, 0.4) is 0 Å². The van der Waals surface area contributed by atoms with E-state index in [9.17, 15) is 14.7 Å². The number of anilines is 2. The van der Waals surface area contributed by atoms with Crippen LogP contribution in [-0.4, -0.2) is 31.0 Å². The Morgan fingerprint density at radius 3 is 2.67 bits per heavy atom. The van der Waals surface area contributed by atoms with E-state index < -0.39 is 18.0 Å². The normalized spacial score (nSPS) is 13.3.